The average Bonchev–Trinajstić information content (AvgIpc) is 2.77. The van der Waals surface area contributed by atoms with Crippen molar-refractivity contribution in [2.75, 3.05) is 13.7 Å². The van der Waals surface area contributed by atoms with Crippen molar-refractivity contribution >= 4 is 10.0 Å². The van der Waals surface area contributed by atoms with Gasteiger partial charge >= 0.3 is 0 Å². The SMILES string of the molecule is COc1ccc(S(=O)(=O)N[C@H]2C[C@@H]3OCC[C@H]23)cc1C. The molecule has 2 fully saturated rings. The van der Waals surface area contributed by atoms with Crippen molar-refractivity contribution in [3.05, 3.63) is 23.8 Å². The summed E-state index contributed by atoms with van der Waals surface area (Å²) in [7, 11) is -1.89. The first-order valence-corrected chi connectivity index (χ1v) is 8.28. The quantitative estimate of drug-likeness (QED) is 0.914. The van der Waals surface area contributed by atoms with Crippen LogP contribution < -0.4 is 9.46 Å². The van der Waals surface area contributed by atoms with Gasteiger partial charge in [0.25, 0.3) is 0 Å². The van der Waals surface area contributed by atoms with E-state index in [-0.39, 0.29) is 17.0 Å². The highest BCUT2D eigenvalue weighted by Gasteiger charge is 2.46. The van der Waals surface area contributed by atoms with Crippen LogP contribution in [0.15, 0.2) is 23.1 Å². The molecule has 0 unspecified atom stereocenters. The molecule has 110 valence electrons. The second-order valence-electron chi connectivity index (χ2n) is 5.46. The zero-order valence-electron chi connectivity index (χ0n) is 11.6. The van der Waals surface area contributed by atoms with Crippen LogP contribution in [-0.4, -0.2) is 34.3 Å². The highest BCUT2D eigenvalue weighted by molar-refractivity contribution is 7.89. The second-order valence-corrected chi connectivity index (χ2v) is 7.17. The van der Waals surface area contributed by atoms with E-state index in [0.29, 0.717) is 11.7 Å². The van der Waals surface area contributed by atoms with Crippen LogP contribution in [0.4, 0.5) is 0 Å². The van der Waals surface area contributed by atoms with Gasteiger partial charge in [0.05, 0.1) is 18.1 Å². The molecule has 3 rings (SSSR count). The third-order valence-corrected chi connectivity index (χ3v) is 5.73. The fourth-order valence-electron chi connectivity index (χ4n) is 3.02. The summed E-state index contributed by atoms with van der Waals surface area (Å²) < 4.78 is 38.2. The lowest BCUT2D eigenvalue weighted by atomic mass is 9.77. The van der Waals surface area contributed by atoms with Gasteiger partial charge in [-0.15, -0.1) is 0 Å². The molecule has 20 heavy (non-hydrogen) atoms. The lowest BCUT2D eigenvalue weighted by Crippen LogP contribution is -2.53. The highest BCUT2D eigenvalue weighted by atomic mass is 32.2. The van der Waals surface area contributed by atoms with Gasteiger partial charge in [-0.2, -0.15) is 0 Å². The molecule has 0 bridgehead atoms. The van der Waals surface area contributed by atoms with Crippen molar-refractivity contribution in [3.63, 3.8) is 0 Å². The van der Waals surface area contributed by atoms with Crippen LogP contribution in [0.1, 0.15) is 18.4 Å². The Morgan fingerprint density at radius 2 is 2.20 bits per heavy atom. The molecule has 1 aromatic carbocycles. The van der Waals surface area contributed by atoms with E-state index in [1.807, 2.05) is 6.92 Å². The van der Waals surface area contributed by atoms with E-state index >= 15 is 0 Å². The van der Waals surface area contributed by atoms with Crippen LogP contribution in [0.25, 0.3) is 0 Å². The summed E-state index contributed by atoms with van der Waals surface area (Å²) in [5, 5.41) is 0. The number of hydrogen-bond donors (Lipinski definition) is 1. The molecule has 3 atom stereocenters. The Labute approximate surface area is 119 Å². The predicted molar refractivity (Wildman–Crippen MR) is 74.3 cm³/mol. The summed E-state index contributed by atoms with van der Waals surface area (Å²) in [5.74, 6) is 1.03. The minimum atomic E-state index is -3.47. The van der Waals surface area contributed by atoms with E-state index in [4.69, 9.17) is 9.47 Å². The number of ether oxygens (including phenoxy) is 2. The maximum Gasteiger partial charge on any atom is 0.240 e. The molecule has 1 aromatic rings. The van der Waals surface area contributed by atoms with Gasteiger partial charge in [-0.1, -0.05) is 0 Å². The normalized spacial score (nSPS) is 28.8. The summed E-state index contributed by atoms with van der Waals surface area (Å²) in [6, 6.07) is 4.92. The van der Waals surface area contributed by atoms with Crippen LogP contribution >= 0.6 is 0 Å². The molecule has 6 heteroatoms. The molecule has 1 aliphatic carbocycles. The van der Waals surface area contributed by atoms with Gasteiger partial charge in [-0.05, 0) is 43.5 Å². The molecule has 0 spiro atoms. The number of hydrogen-bond acceptors (Lipinski definition) is 4. The summed E-state index contributed by atoms with van der Waals surface area (Å²) >= 11 is 0. The van der Waals surface area contributed by atoms with Gasteiger partial charge in [-0.25, -0.2) is 13.1 Å². The molecule has 0 radical (unpaired) electrons. The zero-order valence-corrected chi connectivity index (χ0v) is 12.4. The molecular formula is C14H19NO4S. The van der Waals surface area contributed by atoms with Crippen LogP contribution in [-0.2, 0) is 14.8 Å². The molecule has 1 saturated carbocycles. The standard InChI is InChI=1S/C14H19NO4S/c1-9-7-10(3-4-13(9)18-2)20(16,17)15-12-8-14-11(12)5-6-19-14/h3-4,7,11-12,14-15H,5-6,8H2,1-2H3/t11-,12+,14+/m1/s1. The first-order chi connectivity index (χ1) is 9.51. The van der Waals surface area contributed by atoms with Gasteiger partial charge in [0.15, 0.2) is 0 Å². The summed E-state index contributed by atoms with van der Waals surface area (Å²) in [4.78, 5) is 0.290. The summed E-state index contributed by atoms with van der Waals surface area (Å²) in [6.07, 6.45) is 1.97. The fraction of sp³-hybridized carbons (Fsp3) is 0.571. The predicted octanol–water partition coefficient (Wildman–Crippen LogP) is 1.46. The van der Waals surface area contributed by atoms with E-state index in [0.717, 1.165) is 25.0 Å². The van der Waals surface area contributed by atoms with Gasteiger partial charge in [0, 0.05) is 18.6 Å². The van der Waals surface area contributed by atoms with Crippen molar-refractivity contribution < 1.29 is 17.9 Å². The van der Waals surface area contributed by atoms with E-state index in [1.165, 1.54) is 0 Å². The Morgan fingerprint density at radius 3 is 2.85 bits per heavy atom. The van der Waals surface area contributed by atoms with Gasteiger partial charge < -0.3 is 9.47 Å². The van der Waals surface area contributed by atoms with E-state index in [2.05, 4.69) is 4.72 Å². The van der Waals surface area contributed by atoms with Crippen molar-refractivity contribution in [2.24, 2.45) is 5.92 Å². The number of benzene rings is 1. The van der Waals surface area contributed by atoms with Crippen molar-refractivity contribution in [2.45, 2.75) is 36.8 Å². The van der Waals surface area contributed by atoms with Crippen molar-refractivity contribution in [1.82, 2.24) is 4.72 Å². The monoisotopic (exact) mass is 297 g/mol. The molecule has 0 amide bonds. The average molecular weight is 297 g/mol. The Balaban J connectivity index is 1.76. The summed E-state index contributed by atoms with van der Waals surface area (Å²) in [5.41, 5.74) is 0.811. The summed E-state index contributed by atoms with van der Waals surface area (Å²) in [6.45, 7) is 2.58. The van der Waals surface area contributed by atoms with Gasteiger partial charge in [-0.3, -0.25) is 0 Å². The lowest BCUT2D eigenvalue weighted by molar-refractivity contribution is 0.0143. The molecule has 0 aromatic heterocycles. The molecular weight excluding hydrogens is 278 g/mol. The van der Waals surface area contributed by atoms with Crippen LogP contribution in [0.5, 0.6) is 5.75 Å². The Kier molecular flexibility index (Phi) is 3.48. The number of aryl methyl sites for hydroxylation is 1. The molecule has 1 saturated heterocycles. The minimum absolute atomic E-state index is 0.00917. The van der Waals surface area contributed by atoms with Crippen LogP contribution in [0, 0.1) is 12.8 Å². The number of nitrogens with one attached hydrogen (secondary N) is 1. The van der Waals surface area contributed by atoms with Crippen molar-refractivity contribution in [1.29, 1.82) is 0 Å². The third kappa shape index (κ3) is 2.32. The Hall–Kier alpha value is -1.11. The van der Waals surface area contributed by atoms with E-state index in [9.17, 15) is 8.42 Å². The highest BCUT2D eigenvalue weighted by Crippen LogP contribution is 2.39. The zero-order chi connectivity index (χ0) is 14.3. The number of rotatable bonds is 4. The van der Waals surface area contributed by atoms with Crippen LogP contribution in [0.3, 0.4) is 0 Å². The third-order valence-electron chi connectivity index (χ3n) is 4.25. The first kappa shape index (κ1) is 13.9. The maximum atomic E-state index is 12.4. The van der Waals surface area contributed by atoms with Gasteiger partial charge in [0.1, 0.15) is 5.75 Å². The molecule has 1 aliphatic heterocycles. The minimum Gasteiger partial charge on any atom is -0.496 e. The molecule has 2 aliphatic rings. The van der Waals surface area contributed by atoms with E-state index < -0.39 is 10.0 Å². The topological polar surface area (TPSA) is 64.6 Å². The fourth-order valence-corrected chi connectivity index (χ4v) is 4.40. The number of sulfonamides is 1. The first-order valence-electron chi connectivity index (χ1n) is 6.80. The smallest absolute Gasteiger partial charge is 0.240 e. The lowest BCUT2D eigenvalue weighted by Gasteiger charge is -2.39. The van der Waals surface area contributed by atoms with E-state index in [1.54, 1.807) is 25.3 Å². The molecule has 1 heterocycles. The Bertz CT molecular complexity index is 614. The Morgan fingerprint density at radius 1 is 1.40 bits per heavy atom. The maximum absolute atomic E-state index is 12.4. The number of methoxy groups -OCH3 is 1. The number of fused-ring (bicyclic) bond motifs is 1. The second kappa shape index (κ2) is 5.02. The van der Waals surface area contributed by atoms with Crippen molar-refractivity contribution in [3.8, 4) is 5.75 Å². The van der Waals surface area contributed by atoms with Crippen LogP contribution in [0.2, 0.25) is 0 Å². The van der Waals surface area contributed by atoms with Gasteiger partial charge in [0.2, 0.25) is 10.0 Å². The molecule has 1 N–H and O–H groups in total. The molecule has 5 nitrogen and oxygen atoms in total. The largest absolute Gasteiger partial charge is 0.496 e.